The van der Waals surface area contributed by atoms with E-state index < -0.39 is 4.92 Å². The monoisotopic (exact) mass is 191 g/mol. The van der Waals surface area contributed by atoms with Crippen molar-refractivity contribution in [2.45, 2.75) is 13.5 Å². The summed E-state index contributed by atoms with van der Waals surface area (Å²) >= 11 is 0. The average molecular weight is 191 g/mol. The van der Waals surface area contributed by atoms with E-state index in [0.29, 0.717) is 5.56 Å². The molecule has 0 fully saturated rings. The number of nitro benzene ring substituents is 1. The van der Waals surface area contributed by atoms with Crippen LogP contribution in [0.1, 0.15) is 12.5 Å². The maximum Gasteiger partial charge on any atom is 0.276 e. The number of hydrogen-bond donors (Lipinski definition) is 0. The van der Waals surface area contributed by atoms with Gasteiger partial charge in [0.1, 0.15) is 12.7 Å². The fourth-order valence-electron chi connectivity index (χ4n) is 0.997. The summed E-state index contributed by atoms with van der Waals surface area (Å²) in [6.07, 6.45) is 2.39. The maximum atomic E-state index is 10.6. The van der Waals surface area contributed by atoms with Crippen LogP contribution in [0.4, 0.5) is 5.69 Å². The summed E-state index contributed by atoms with van der Waals surface area (Å²) in [7, 11) is 0. The number of nitro groups is 1. The van der Waals surface area contributed by atoms with Gasteiger partial charge in [0, 0.05) is 13.0 Å². The van der Waals surface area contributed by atoms with Crippen LogP contribution >= 0.6 is 0 Å². The number of nitrogens with zero attached hydrogens (tertiary/aromatic N) is 1. The molecule has 72 valence electrons. The Bertz CT molecular complexity index is 390. The minimum Gasteiger partial charge on any atom is -0.441 e. The molecule has 0 aliphatic heterocycles. The Morgan fingerprint density at radius 3 is 2.86 bits per heavy atom. The van der Waals surface area contributed by atoms with E-state index >= 15 is 0 Å². The number of para-hydroxylation sites is 1. The molecule has 0 amide bonds. The van der Waals surface area contributed by atoms with Crippen LogP contribution in [0.25, 0.3) is 0 Å². The van der Waals surface area contributed by atoms with Crippen LogP contribution in [0.15, 0.2) is 24.3 Å². The fraction of sp³-hybridized carbons (Fsp3) is 0.200. The molecule has 0 heterocycles. The van der Waals surface area contributed by atoms with E-state index in [4.69, 9.17) is 4.74 Å². The third-order valence-corrected chi connectivity index (χ3v) is 1.59. The molecular formula is C10H9NO3. The van der Waals surface area contributed by atoms with E-state index in [-0.39, 0.29) is 12.3 Å². The van der Waals surface area contributed by atoms with Crippen molar-refractivity contribution in [2.75, 3.05) is 0 Å². The van der Waals surface area contributed by atoms with Gasteiger partial charge in [-0.1, -0.05) is 18.1 Å². The number of hydrogen-bond acceptors (Lipinski definition) is 3. The summed E-state index contributed by atoms with van der Waals surface area (Å²) in [4.78, 5) is 10.1. The van der Waals surface area contributed by atoms with Crippen molar-refractivity contribution in [1.29, 1.82) is 0 Å². The first-order valence-corrected chi connectivity index (χ1v) is 4.01. The number of rotatable bonds is 3. The van der Waals surface area contributed by atoms with E-state index in [1.807, 2.05) is 0 Å². The first-order chi connectivity index (χ1) is 6.75. The highest BCUT2D eigenvalue weighted by Crippen LogP contribution is 2.17. The number of benzene rings is 1. The molecular weight excluding hydrogens is 182 g/mol. The molecule has 1 aromatic rings. The van der Waals surface area contributed by atoms with Crippen LogP contribution in [0, 0.1) is 22.1 Å². The summed E-state index contributed by atoms with van der Waals surface area (Å²) in [6, 6.07) is 6.44. The standard InChI is InChI=1S/C10H9NO3/c1-2-7-14-8-9-5-3-4-6-10(9)11(12)13/h3-6H,8H2,1H3. The van der Waals surface area contributed by atoms with Gasteiger partial charge in [-0.25, -0.2) is 0 Å². The molecule has 0 aromatic heterocycles. The minimum absolute atomic E-state index is 0.0606. The zero-order valence-corrected chi connectivity index (χ0v) is 7.69. The molecule has 4 nitrogen and oxygen atoms in total. The first kappa shape index (κ1) is 10.1. The minimum atomic E-state index is -0.432. The molecule has 0 atom stereocenters. The summed E-state index contributed by atoms with van der Waals surface area (Å²) in [5.41, 5.74) is 0.589. The van der Waals surface area contributed by atoms with Gasteiger partial charge in [-0.3, -0.25) is 10.1 Å². The summed E-state index contributed by atoms with van der Waals surface area (Å²) in [5, 5.41) is 10.6. The summed E-state index contributed by atoms with van der Waals surface area (Å²) in [6.45, 7) is 1.78. The Kier molecular flexibility index (Phi) is 3.50. The van der Waals surface area contributed by atoms with E-state index in [1.54, 1.807) is 25.1 Å². The molecule has 0 aliphatic carbocycles. The smallest absolute Gasteiger partial charge is 0.276 e. The summed E-state index contributed by atoms with van der Waals surface area (Å²) < 4.78 is 4.89. The van der Waals surface area contributed by atoms with Gasteiger partial charge in [0.25, 0.3) is 5.69 Å². The lowest BCUT2D eigenvalue weighted by Gasteiger charge is -1.99. The molecule has 0 saturated heterocycles. The molecule has 1 rings (SSSR count). The van der Waals surface area contributed by atoms with Gasteiger partial charge in [0.15, 0.2) is 0 Å². The Balaban J connectivity index is 2.83. The van der Waals surface area contributed by atoms with Crippen molar-refractivity contribution < 1.29 is 9.66 Å². The van der Waals surface area contributed by atoms with Crippen molar-refractivity contribution in [3.05, 3.63) is 39.9 Å². The molecule has 0 aliphatic rings. The van der Waals surface area contributed by atoms with Crippen molar-refractivity contribution in [3.63, 3.8) is 0 Å². The molecule has 0 unspecified atom stereocenters. The van der Waals surface area contributed by atoms with Crippen LogP contribution in [0.3, 0.4) is 0 Å². The quantitative estimate of drug-likeness (QED) is 0.417. The van der Waals surface area contributed by atoms with Crippen LogP contribution < -0.4 is 0 Å². The first-order valence-electron chi connectivity index (χ1n) is 4.01. The number of ether oxygens (including phenoxy) is 1. The molecule has 4 heteroatoms. The van der Waals surface area contributed by atoms with Gasteiger partial charge >= 0.3 is 0 Å². The second-order valence-corrected chi connectivity index (χ2v) is 2.53. The Morgan fingerprint density at radius 1 is 1.50 bits per heavy atom. The third-order valence-electron chi connectivity index (χ3n) is 1.59. The summed E-state index contributed by atoms with van der Waals surface area (Å²) in [5.74, 6) is 2.54. The van der Waals surface area contributed by atoms with Gasteiger partial charge in [-0.15, -0.1) is 0 Å². The van der Waals surface area contributed by atoms with Crippen molar-refractivity contribution in [3.8, 4) is 12.0 Å². The molecule has 0 N–H and O–H groups in total. The molecule has 0 saturated carbocycles. The van der Waals surface area contributed by atoms with Crippen LogP contribution in [0.2, 0.25) is 0 Å². The van der Waals surface area contributed by atoms with Gasteiger partial charge in [0.05, 0.1) is 10.5 Å². The van der Waals surface area contributed by atoms with Gasteiger partial charge in [0.2, 0.25) is 0 Å². The van der Waals surface area contributed by atoms with Crippen molar-refractivity contribution in [2.24, 2.45) is 0 Å². The molecule has 0 spiro atoms. The molecule has 0 bridgehead atoms. The average Bonchev–Trinajstić information content (AvgIpc) is 2.19. The van der Waals surface area contributed by atoms with E-state index in [0.717, 1.165) is 0 Å². The molecule has 0 radical (unpaired) electrons. The predicted octanol–water partition coefficient (Wildman–Crippen LogP) is 2.09. The van der Waals surface area contributed by atoms with E-state index in [2.05, 4.69) is 12.0 Å². The molecule has 1 aromatic carbocycles. The van der Waals surface area contributed by atoms with E-state index in [1.165, 1.54) is 6.07 Å². The highest BCUT2D eigenvalue weighted by molar-refractivity contribution is 5.39. The van der Waals surface area contributed by atoms with Gasteiger partial charge in [-0.2, -0.15) is 0 Å². The van der Waals surface area contributed by atoms with Gasteiger partial charge < -0.3 is 4.74 Å². The van der Waals surface area contributed by atoms with Crippen LogP contribution in [0.5, 0.6) is 0 Å². The van der Waals surface area contributed by atoms with Crippen molar-refractivity contribution in [1.82, 2.24) is 0 Å². The highest BCUT2D eigenvalue weighted by atomic mass is 16.6. The Morgan fingerprint density at radius 2 is 2.21 bits per heavy atom. The Hall–Kier alpha value is -2.02. The lowest BCUT2D eigenvalue weighted by atomic mass is 10.2. The van der Waals surface area contributed by atoms with Crippen LogP contribution in [-0.4, -0.2) is 4.92 Å². The van der Waals surface area contributed by atoms with E-state index in [9.17, 15) is 10.1 Å². The van der Waals surface area contributed by atoms with Crippen molar-refractivity contribution >= 4 is 5.69 Å². The SMILES string of the molecule is CC#COCc1ccccc1[N+](=O)[O-]. The second kappa shape index (κ2) is 4.87. The lowest BCUT2D eigenvalue weighted by molar-refractivity contribution is -0.385. The largest absolute Gasteiger partial charge is 0.441 e. The lowest BCUT2D eigenvalue weighted by Crippen LogP contribution is -1.95. The second-order valence-electron chi connectivity index (χ2n) is 2.53. The fourth-order valence-corrected chi connectivity index (χ4v) is 0.997. The zero-order chi connectivity index (χ0) is 10.4. The maximum absolute atomic E-state index is 10.6. The van der Waals surface area contributed by atoms with Crippen LogP contribution in [-0.2, 0) is 11.3 Å². The Labute approximate surface area is 81.7 Å². The normalized spacial score (nSPS) is 8.64. The highest BCUT2D eigenvalue weighted by Gasteiger charge is 2.11. The zero-order valence-electron chi connectivity index (χ0n) is 7.69. The predicted molar refractivity (Wildman–Crippen MR) is 51.3 cm³/mol. The molecule has 14 heavy (non-hydrogen) atoms. The van der Waals surface area contributed by atoms with Gasteiger partial charge in [-0.05, 0) is 6.07 Å². The third kappa shape index (κ3) is 2.49. The topological polar surface area (TPSA) is 52.4 Å².